The molecule has 1 N–H and O–H groups in total. The number of anilines is 1. The third-order valence-corrected chi connectivity index (χ3v) is 10.6. The highest BCUT2D eigenvalue weighted by molar-refractivity contribution is 6.39. The Morgan fingerprint density at radius 2 is 1.04 bits per heavy atom. The van der Waals surface area contributed by atoms with Crippen LogP contribution in [0.2, 0.25) is 0 Å². The van der Waals surface area contributed by atoms with Gasteiger partial charge in [0.15, 0.2) is 5.78 Å². The molecule has 246 valence electrons. The molecule has 0 aromatic heterocycles. The summed E-state index contributed by atoms with van der Waals surface area (Å²) in [7, 11) is 3.16. The number of carbonyl (C=O) groups excluding carboxylic acids is 3. The van der Waals surface area contributed by atoms with Crippen LogP contribution in [0.1, 0.15) is 32.6 Å². The summed E-state index contributed by atoms with van der Waals surface area (Å²) in [5.74, 6) is -3.60. The van der Waals surface area contributed by atoms with Gasteiger partial charge in [-0.2, -0.15) is 0 Å². The smallest absolute Gasteiger partial charge is 0.335 e. The van der Waals surface area contributed by atoms with E-state index in [2.05, 4.69) is 0 Å². The van der Waals surface area contributed by atoms with E-state index in [1.807, 2.05) is 109 Å². The number of benzene rings is 5. The zero-order valence-electron chi connectivity index (χ0n) is 27.2. The Morgan fingerprint density at radius 3 is 1.44 bits per heavy atom. The molecular formula is C42H31NO7. The van der Waals surface area contributed by atoms with E-state index in [-0.39, 0.29) is 17.0 Å². The molecule has 5 aromatic rings. The number of aromatic carboxylic acids is 1. The number of allylic oxidation sites excluding steroid dienone is 2. The van der Waals surface area contributed by atoms with E-state index in [9.17, 15) is 9.90 Å². The number of rotatable bonds is 8. The number of hydrogen-bond acceptors (Lipinski definition) is 6. The monoisotopic (exact) mass is 661 g/mol. The Hall–Kier alpha value is -6.28. The van der Waals surface area contributed by atoms with Gasteiger partial charge >= 0.3 is 5.97 Å². The zero-order valence-corrected chi connectivity index (χ0v) is 27.2. The summed E-state index contributed by atoms with van der Waals surface area (Å²) in [5.41, 5.74) is 0.741. The molecule has 2 bridgehead atoms. The molecule has 2 amide bonds. The van der Waals surface area contributed by atoms with E-state index >= 15 is 14.4 Å². The van der Waals surface area contributed by atoms with E-state index in [1.165, 1.54) is 18.2 Å². The molecule has 8 heteroatoms. The van der Waals surface area contributed by atoms with Crippen LogP contribution in [-0.4, -0.2) is 42.9 Å². The maximum Gasteiger partial charge on any atom is 0.335 e. The summed E-state index contributed by atoms with van der Waals surface area (Å²) in [6, 6.07) is 39.1. The molecule has 4 atom stereocenters. The summed E-state index contributed by atoms with van der Waals surface area (Å²) in [4.78, 5) is 59.3. The molecule has 5 aromatic carbocycles. The van der Waals surface area contributed by atoms with Gasteiger partial charge in [-0.1, -0.05) is 91.0 Å². The molecule has 3 aliphatic rings. The number of imide groups is 1. The lowest BCUT2D eigenvalue weighted by atomic mass is 9.59. The number of Topliss-reactive ketones (excluding diaryl/α,β-unsaturated/α-hetero) is 1. The molecule has 8 rings (SSSR count). The Balaban J connectivity index is 1.53. The molecule has 0 unspecified atom stereocenters. The van der Waals surface area contributed by atoms with E-state index in [0.717, 1.165) is 4.90 Å². The Bertz CT molecular complexity index is 2100. The fourth-order valence-electron chi connectivity index (χ4n) is 8.67. The molecule has 8 nitrogen and oxygen atoms in total. The third-order valence-electron chi connectivity index (χ3n) is 10.6. The Morgan fingerprint density at radius 1 is 0.600 bits per heavy atom. The minimum atomic E-state index is -1.60. The average Bonchev–Trinajstić information content (AvgIpc) is 3.67. The SMILES string of the molecule is COc1ccc(C2=C(c3ccc(OC)cc3)[C@]3(c4ccccc4)C(=O)[C@@]2(c2ccccc2)[C@@H]2C(=O)N(c4cccc(C(=O)O)c4)C(=O)[C@@H]23)cc1. The summed E-state index contributed by atoms with van der Waals surface area (Å²) in [6.07, 6.45) is 0. The van der Waals surface area contributed by atoms with Crippen molar-refractivity contribution in [3.05, 3.63) is 161 Å². The molecule has 1 aliphatic heterocycles. The van der Waals surface area contributed by atoms with Gasteiger partial charge in [0.25, 0.3) is 0 Å². The Labute approximate surface area is 288 Å². The number of carbonyl (C=O) groups is 4. The van der Waals surface area contributed by atoms with Crippen molar-refractivity contribution < 1.29 is 33.8 Å². The first-order valence-electron chi connectivity index (χ1n) is 16.2. The molecule has 0 radical (unpaired) electrons. The fourth-order valence-corrected chi connectivity index (χ4v) is 8.67. The number of amides is 2. The Kier molecular flexibility index (Phi) is 7.08. The fraction of sp³-hybridized carbons (Fsp3) is 0.143. The topological polar surface area (TPSA) is 110 Å². The van der Waals surface area contributed by atoms with Crippen LogP contribution in [0, 0.1) is 11.8 Å². The van der Waals surface area contributed by atoms with Gasteiger partial charge in [0, 0.05) is 0 Å². The first-order valence-corrected chi connectivity index (χ1v) is 16.2. The van der Waals surface area contributed by atoms with Crippen molar-refractivity contribution >= 4 is 40.4 Å². The van der Waals surface area contributed by atoms with E-state index in [0.29, 0.717) is 44.9 Å². The predicted octanol–water partition coefficient (Wildman–Crippen LogP) is 6.59. The highest BCUT2D eigenvalue weighted by atomic mass is 16.5. The molecule has 1 heterocycles. The number of methoxy groups -OCH3 is 2. The van der Waals surface area contributed by atoms with Crippen molar-refractivity contribution in [3.63, 3.8) is 0 Å². The van der Waals surface area contributed by atoms with Gasteiger partial charge < -0.3 is 14.6 Å². The third kappa shape index (κ3) is 3.99. The summed E-state index contributed by atoms with van der Waals surface area (Å²) in [5, 5.41) is 9.79. The van der Waals surface area contributed by atoms with Crippen LogP contribution in [0.5, 0.6) is 11.5 Å². The minimum absolute atomic E-state index is 0.0641. The van der Waals surface area contributed by atoms with Crippen LogP contribution in [-0.2, 0) is 25.2 Å². The van der Waals surface area contributed by atoms with Crippen molar-refractivity contribution in [3.8, 4) is 11.5 Å². The largest absolute Gasteiger partial charge is 0.497 e. The standard InChI is InChI=1S/C42H31NO7/c1-49-31-20-16-25(17-21-31)33-34(26-18-22-32(50-2)23-19-26)42(29-13-7-4-8-14-29)36-35(41(33,40(42)48)28-11-5-3-6-12-28)37(44)43(38(36)45)30-15-9-10-27(24-30)39(46)47/h3-24,35-36H,1-2H3,(H,46,47)/t35-,36+,41+,42-. The van der Waals surface area contributed by atoms with Crippen LogP contribution >= 0.6 is 0 Å². The van der Waals surface area contributed by atoms with Crippen molar-refractivity contribution in [2.75, 3.05) is 19.1 Å². The van der Waals surface area contributed by atoms with Crippen LogP contribution in [0.15, 0.2) is 133 Å². The number of hydrogen-bond donors (Lipinski definition) is 1. The summed E-state index contributed by atoms with van der Waals surface area (Å²) < 4.78 is 11.0. The highest BCUT2D eigenvalue weighted by Crippen LogP contribution is 2.74. The molecule has 2 aliphatic carbocycles. The quantitative estimate of drug-likeness (QED) is 0.187. The maximum absolute atomic E-state index is 16.0. The summed E-state index contributed by atoms with van der Waals surface area (Å²) in [6.45, 7) is 0. The predicted molar refractivity (Wildman–Crippen MR) is 187 cm³/mol. The molecule has 50 heavy (non-hydrogen) atoms. The van der Waals surface area contributed by atoms with E-state index in [4.69, 9.17) is 9.47 Å². The number of carboxylic acid groups (broad SMARTS) is 1. The molecular weight excluding hydrogens is 630 g/mol. The van der Waals surface area contributed by atoms with Gasteiger partial charge in [-0.3, -0.25) is 14.4 Å². The van der Waals surface area contributed by atoms with Crippen LogP contribution in [0.4, 0.5) is 5.69 Å². The van der Waals surface area contributed by atoms with Gasteiger partial charge in [0.1, 0.15) is 11.5 Å². The normalized spacial score (nSPS) is 23.7. The van der Waals surface area contributed by atoms with E-state index < -0.39 is 40.4 Å². The average molecular weight is 662 g/mol. The van der Waals surface area contributed by atoms with E-state index in [1.54, 1.807) is 20.3 Å². The molecule has 1 saturated carbocycles. The molecule has 1 saturated heterocycles. The van der Waals surface area contributed by atoms with Crippen LogP contribution < -0.4 is 14.4 Å². The lowest BCUT2D eigenvalue weighted by Gasteiger charge is -2.39. The second kappa shape index (κ2) is 11.4. The molecule has 2 fully saturated rings. The van der Waals surface area contributed by atoms with Gasteiger partial charge in [-0.15, -0.1) is 0 Å². The van der Waals surface area contributed by atoms with Crippen molar-refractivity contribution in [1.82, 2.24) is 0 Å². The summed E-state index contributed by atoms with van der Waals surface area (Å²) >= 11 is 0. The number of fused-ring (bicyclic) bond motifs is 5. The van der Waals surface area contributed by atoms with Crippen molar-refractivity contribution in [2.24, 2.45) is 11.8 Å². The van der Waals surface area contributed by atoms with Crippen molar-refractivity contribution in [1.29, 1.82) is 0 Å². The van der Waals surface area contributed by atoms with Crippen LogP contribution in [0.25, 0.3) is 11.1 Å². The minimum Gasteiger partial charge on any atom is -0.497 e. The lowest BCUT2D eigenvalue weighted by Crippen LogP contribution is -2.45. The zero-order chi connectivity index (χ0) is 34.8. The van der Waals surface area contributed by atoms with Crippen molar-refractivity contribution in [2.45, 2.75) is 10.8 Å². The number of ether oxygens (including phenoxy) is 2. The lowest BCUT2D eigenvalue weighted by molar-refractivity contribution is -0.130. The first-order chi connectivity index (χ1) is 24.3. The van der Waals surface area contributed by atoms with Gasteiger partial charge in [-0.25, -0.2) is 9.69 Å². The number of nitrogens with zero attached hydrogens (tertiary/aromatic N) is 1. The molecule has 0 spiro atoms. The number of carboxylic acids is 1. The van der Waals surface area contributed by atoms with Gasteiger partial charge in [0.2, 0.25) is 11.8 Å². The first kappa shape index (κ1) is 31.0. The highest BCUT2D eigenvalue weighted by Gasteiger charge is 2.82. The van der Waals surface area contributed by atoms with Gasteiger partial charge in [0.05, 0.1) is 48.1 Å². The second-order valence-electron chi connectivity index (χ2n) is 12.7. The number of ketones is 1. The van der Waals surface area contributed by atoms with Crippen LogP contribution in [0.3, 0.4) is 0 Å². The maximum atomic E-state index is 16.0. The second-order valence-corrected chi connectivity index (χ2v) is 12.7. The van der Waals surface area contributed by atoms with Gasteiger partial charge in [-0.05, 0) is 75.9 Å².